The van der Waals surface area contributed by atoms with Crippen LogP contribution in [0.5, 0.6) is 0 Å². The van der Waals surface area contributed by atoms with Crippen molar-refractivity contribution >= 4 is 0 Å². The van der Waals surface area contributed by atoms with Gasteiger partial charge in [0.05, 0.1) is 11.4 Å². The number of hydrogen-bond donors (Lipinski definition) is 1. The van der Waals surface area contributed by atoms with Gasteiger partial charge in [0.15, 0.2) is 0 Å². The van der Waals surface area contributed by atoms with E-state index >= 15 is 0 Å². The zero-order valence-corrected chi connectivity index (χ0v) is 8.98. The second-order valence-corrected chi connectivity index (χ2v) is 3.94. The summed E-state index contributed by atoms with van der Waals surface area (Å²) >= 11 is 0. The molecule has 1 aliphatic rings. The van der Waals surface area contributed by atoms with Gasteiger partial charge in [0.25, 0.3) is 0 Å². The number of rotatable bonds is 1. The van der Waals surface area contributed by atoms with Crippen LogP contribution in [0.1, 0.15) is 11.3 Å². The molecule has 0 atom stereocenters. The second kappa shape index (κ2) is 4.02. The zero-order valence-electron chi connectivity index (χ0n) is 8.98. The van der Waals surface area contributed by atoms with Crippen LogP contribution in [0, 0.1) is 0 Å². The highest BCUT2D eigenvalue weighted by Crippen LogP contribution is 2.18. The fourth-order valence-electron chi connectivity index (χ4n) is 1.99. The van der Waals surface area contributed by atoms with Crippen LogP contribution >= 0.6 is 0 Å². The molecule has 3 heteroatoms. The molecule has 0 radical (unpaired) electrons. The largest absolute Gasteiger partial charge is 0.312 e. The van der Waals surface area contributed by atoms with E-state index in [2.05, 4.69) is 21.4 Å². The third-order valence-corrected chi connectivity index (χ3v) is 2.85. The average molecular weight is 211 g/mol. The molecule has 0 unspecified atom stereocenters. The van der Waals surface area contributed by atoms with Gasteiger partial charge in [-0.25, -0.2) is 0 Å². The lowest BCUT2D eigenvalue weighted by Gasteiger charge is -2.16. The van der Waals surface area contributed by atoms with Crippen LogP contribution in [0.3, 0.4) is 0 Å². The highest BCUT2D eigenvalue weighted by atomic mass is 14.9. The summed E-state index contributed by atoms with van der Waals surface area (Å²) < 4.78 is 0. The van der Waals surface area contributed by atoms with Crippen molar-refractivity contribution in [2.75, 3.05) is 6.54 Å². The Labute approximate surface area is 94.6 Å². The van der Waals surface area contributed by atoms with E-state index < -0.39 is 0 Å². The van der Waals surface area contributed by atoms with Crippen molar-refractivity contribution in [1.82, 2.24) is 15.3 Å². The van der Waals surface area contributed by atoms with Crippen molar-refractivity contribution in [3.63, 3.8) is 0 Å². The number of pyridine rings is 2. The maximum Gasteiger partial charge on any atom is 0.0889 e. The molecule has 3 nitrogen and oxygen atoms in total. The first-order valence-electron chi connectivity index (χ1n) is 5.54. The van der Waals surface area contributed by atoms with Crippen molar-refractivity contribution in [2.24, 2.45) is 0 Å². The van der Waals surface area contributed by atoms with E-state index in [1.165, 1.54) is 11.3 Å². The van der Waals surface area contributed by atoms with Gasteiger partial charge in [-0.3, -0.25) is 9.97 Å². The van der Waals surface area contributed by atoms with Gasteiger partial charge in [-0.2, -0.15) is 0 Å². The number of nitrogens with one attached hydrogen (secondary N) is 1. The van der Waals surface area contributed by atoms with Crippen molar-refractivity contribution in [2.45, 2.75) is 13.0 Å². The Bertz CT molecular complexity index is 494. The van der Waals surface area contributed by atoms with Crippen LogP contribution in [0.4, 0.5) is 0 Å². The average Bonchev–Trinajstić information content (AvgIpc) is 2.39. The fourth-order valence-corrected chi connectivity index (χ4v) is 1.99. The molecule has 0 spiro atoms. The topological polar surface area (TPSA) is 37.8 Å². The lowest BCUT2D eigenvalue weighted by atomic mass is 10.1. The predicted octanol–water partition coefficient (Wildman–Crippen LogP) is 1.79. The van der Waals surface area contributed by atoms with E-state index in [1.807, 2.05) is 24.3 Å². The molecule has 0 amide bonds. The number of hydrogen-bond acceptors (Lipinski definition) is 3. The van der Waals surface area contributed by atoms with E-state index in [0.717, 1.165) is 30.9 Å². The van der Waals surface area contributed by atoms with E-state index in [-0.39, 0.29) is 0 Å². The maximum atomic E-state index is 4.68. The fraction of sp³-hybridized carbons (Fsp3) is 0.231. The molecule has 16 heavy (non-hydrogen) atoms. The van der Waals surface area contributed by atoms with Gasteiger partial charge < -0.3 is 5.32 Å². The summed E-state index contributed by atoms with van der Waals surface area (Å²) in [6, 6.07) is 10.1. The Hall–Kier alpha value is -1.74. The minimum Gasteiger partial charge on any atom is -0.312 e. The van der Waals surface area contributed by atoms with Crippen molar-refractivity contribution < 1.29 is 0 Å². The normalized spacial score (nSPS) is 14.5. The van der Waals surface area contributed by atoms with Crippen LogP contribution < -0.4 is 5.32 Å². The summed E-state index contributed by atoms with van der Waals surface area (Å²) in [5, 5.41) is 3.34. The summed E-state index contributed by atoms with van der Waals surface area (Å²) in [4.78, 5) is 9.00. The van der Waals surface area contributed by atoms with Crippen molar-refractivity contribution in [3.05, 3.63) is 47.8 Å². The number of nitrogens with zero attached hydrogens (tertiary/aromatic N) is 2. The Balaban J connectivity index is 2.03. The highest BCUT2D eigenvalue weighted by Gasteiger charge is 2.11. The molecule has 1 aliphatic heterocycles. The third-order valence-electron chi connectivity index (χ3n) is 2.85. The lowest BCUT2D eigenvalue weighted by Crippen LogP contribution is -2.24. The molecule has 0 saturated heterocycles. The van der Waals surface area contributed by atoms with Gasteiger partial charge >= 0.3 is 0 Å². The Morgan fingerprint density at radius 2 is 2.06 bits per heavy atom. The number of aromatic nitrogens is 2. The molecule has 0 bridgehead atoms. The Morgan fingerprint density at radius 1 is 1.06 bits per heavy atom. The Kier molecular flexibility index (Phi) is 2.38. The van der Waals surface area contributed by atoms with Gasteiger partial charge in [-0.05, 0) is 23.8 Å². The minimum atomic E-state index is 0.935. The maximum absolute atomic E-state index is 4.68. The van der Waals surface area contributed by atoms with Gasteiger partial charge in [0.1, 0.15) is 0 Å². The molecule has 0 aromatic carbocycles. The molecule has 3 rings (SSSR count). The standard InChI is InChI=1S/C13H13N3/c1-2-7-15-12(3-1)13-5-4-10-9-14-8-6-11(10)16-13/h1-5,7,14H,6,8-9H2. The van der Waals surface area contributed by atoms with Gasteiger partial charge in [-0.15, -0.1) is 0 Å². The van der Waals surface area contributed by atoms with E-state index in [4.69, 9.17) is 0 Å². The van der Waals surface area contributed by atoms with E-state index in [9.17, 15) is 0 Å². The molecule has 80 valence electrons. The molecule has 0 saturated carbocycles. The quantitative estimate of drug-likeness (QED) is 0.781. The summed E-state index contributed by atoms with van der Waals surface area (Å²) in [6.07, 6.45) is 2.81. The minimum absolute atomic E-state index is 0.935. The molecular weight excluding hydrogens is 198 g/mol. The van der Waals surface area contributed by atoms with Crippen LogP contribution in [0.25, 0.3) is 11.4 Å². The predicted molar refractivity (Wildman–Crippen MR) is 62.9 cm³/mol. The highest BCUT2D eigenvalue weighted by molar-refractivity contribution is 5.54. The molecule has 1 N–H and O–H groups in total. The molecule has 2 aromatic rings. The molecule has 0 fully saturated rings. The molecule has 2 aromatic heterocycles. The first kappa shape index (κ1) is 9.48. The summed E-state index contributed by atoms with van der Waals surface area (Å²) in [6.45, 7) is 1.95. The zero-order chi connectivity index (χ0) is 10.8. The van der Waals surface area contributed by atoms with Gasteiger partial charge in [-0.1, -0.05) is 12.1 Å². The van der Waals surface area contributed by atoms with Crippen molar-refractivity contribution in [1.29, 1.82) is 0 Å². The molecular formula is C13H13N3. The number of fused-ring (bicyclic) bond motifs is 1. The summed E-state index contributed by atoms with van der Waals surface area (Å²) in [7, 11) is 0. The lowest BCUT2D eigenvalue weighted by molar-refractivity contribution is 0.631. The molecule has 0 aliphatic carbocycles. The van der Waals surface area contributed by atoms with Crippen LogP contribution in [-0.4, -0.2) is 16.5 Å². The van der Waals surface area contributed by atoms with Gasteiger partial charge in [0.2, 0.25) is 0 Å². The summed E-state index contributed by atoms with van der Waals surface area (Å²) in [5.74, 6) is 0. The van der Waals surface area contributed by atoms with Crippen LogP contribution in [-0.2, 0) is 13.0 Å². The smallest absolute Gasteiger partial charge is 0.0889 e. The van der Waals surface area contributed by atoms with E-state index in [0.29, 0.717) is 0 Å². The first-order chi connectivity index (χ1) is 7.93. The summed E-state index contributed by atoms with van der Waals surface area (Å²) in [5.41, 5.74) is 4.44. The van der Waals surface area contributed by atoms with Crippen molar-refractivity contribution in [3.8, 4) is 11.4 Å². The first-order valence-corrected chi connectivity index (χ1v) is 5.54. The monoisotopic (exact) mass is 211 g/mol. The molecule has 3 heterocycles. The SMILES string of the molecule is c1ccc(-c2ccc3c(n2)CCNC3)nc1. The van der Waals surface area contributed by atoms with Gasteiger partial charge in [0, 0.05) is 31.4 Å². The Morgan fingerprint density at radius 3 is 2.94 bits per heavy atom. The van der Waals surface area contributed by atoms with Crippen LogP contribution in [0.15, 0.2) is 36.5 Å². The third kappa shape index (κ3) is 1.70. The van der Waals surface area contributed by atoms with E-state index in [1.54, 1.807) is 6.20 Å². The van der Waals surface area contributed by atoms with Crippen LogP contribution in [0.2, 0.25) is 0 Å². The second-order valence-electron chi connectivity index (χ2n) is 3.94.